The molecule has 0 heterocycles. The van der Waals surface area contributed by atoms with Crippen LogP contribution in [0.5, 0.6) is 0 Å². The maximum Gasteiger partial charge on any atom is 0.328 e. The highest BCUT2D eigenvalue weighted by Crippen LogP contribution is 2.15. The first-order chi connectivity index (χ1) is 14.3. The van der Waals surface area contributed by atoms with E-state index < -0.39 is 23.9 Å². The molecule has 0 fully saturated rings. The lowest BCUT2D eigenvalue weighted by Gasteiger charge is -2.20. The first-order valence-electron chi connectivity index (χ1n) is 9.94. The molecule has 0 aromatic heterocycles. The van der Waals surface area contributed by atoms with Gasteiger partial charge in [0.2, 0.25) is 0 Å². The zero-order valence-electron chi connectivity index (χ0n) is 18.0. The largest absolute Gasteiger partial charge is 0.466 e. The molecule has 0 aliphatic heterocycles. The Labute approximate surface area is 177 Å². The molecular weight excluding hydrogens is 390 g/mol. The average Bonchev–Trinajstić information content (AvgIpc) is 2.74. The van der Waals surface area contributed by atoms with Crippen molar-refractivity contribution in [1.29, 1.82) is 0 Å². The second-order valence-corrected chi connectivity index (χ2v) is 6.68. The molecule has 1 amide bonds. The van der Waals surface area contributed by atoms with Gasteiger partial charge in [0.05, 0.1) is 18.9 Å². The van der Waals surface area contributed by atoms with Crippen LogP contribution in [0.3, 0.4) is 0 Å². The second kappa shape index (κ2) is 13.2. The van der Waals surface area contributed by atoms with Crippen molar-refractivity contribution in [2.75, 3.05) is 31.7 Å². The van der Waals surface area contributed by atoms with Gasteiger partial charge in [-0.05, 0) is 51.5 Å². The van der Waals surface area contributed by atoms with E-state index in [1.807, 2.05) is 11.9 Å². The highest BCUT2D eigenvalue weighted by Gasteiger charge is 2.24. The number of anilines is 1. The second-order valence-electron chi connectivity index (χ2n) is 6.68. The third-order valence-electron chi connectivity index (χ3n) is 4.37. The van der Waals surface area contributed by atoms with Crippen LogP contribution in [0.15, 0.2) is 29.4 Å². The summed E-state index contributed by atoms with van der Waals surface area (Å²) in [6.07, 6.45) is 0.699. The Bertz CT molecular complexity index is 733. The van der Waals surface area contributed by atoms with Crippen LogP contribution in [0.25, 0.3) is 0 Å². The van der Waals surface area contributed by atoms with Crippen molar-refractivity contribution in [3.05, 3.63) is 29.8 Å². The number of esters is 2. The Kier molecular flexibility index (Phi) is 11.0. The molecule has 166 valence electrons. The van der Waals surface area contributed by atoms with Crippen molar-refractivity contribution < 1.29 is 29.1 Å². The maximum atomic E-state index is 12.6. The normalized spacial score (nSPS) is 12.1. The molecule has 0 radical (unpaired) electrons. The summed E-state index contributed by atoms with van der Waals surface area (Å²) < 4.78 is 9.87. The fourth-order valence-electron chi connectivity index (χ4n) is 2.60. The van der Waals surface area contributed by atoms with Crippen molar-refractivity contribution in [2.45, 2.75) is 46.1 Å². The molecular formula is C21H31N3O6. The third-order valence-corrected chi connectivity index (χ3v) is 4.37. The van der Waals surface area contributed by atoms with Gasteiger partial charge in [-0.1, -0.05) is 5.16 Å². The number of rotatable bonds is 12. The summed E-state index contributed by atoms with van der Waals surface area (Å²) in [5.41, 5.74) is 1.90. The molecule has 0 saturated heterocycles. The van der Waals surface area contributed by atoms with E-state index in [9.17, 15) is 14.4 Å². The minimum absolute atomic E-state index is 0.00209. The van der Waals surface area contributed by atoms with Gasteiger partial charge in [-0.15, -0.1) is 0 Å². The molecule has 1 atom stereocenters. The molecule has 1 unspecified atom stereocenters. The highest BCUT2D eigenvalue weighted by molar-refractivity contribution is 5.97. The molecule has 1 rings (SSSR count). The summed E-state index contributed by atoms with van der Waals surface area (Å²) in [6.45, 7) is 6.19. The van der Waals surface area contributed by atoms with Crippen molar-refractivity contribution in [1.82, 2.24) is 5.32 Å². The van der Waals surface area contributed by atoms with Crippen LogP contribution in [0.1, 0.15) is 50.4 Å². The molecule has 0 aliphatic carbocycles. The fraction of sp³-hybridized carbons (Fsp3) is 0.524. The maximum absolute atomic E-state index is 12.6. The SMILES string of the molecule is CCOC(=O)CCC(NC(=O)c1ccc(N(C)CCC(C)=NO)cc1)C(=O)OCC. The number of hydrogen-bond donors (Lipinski definition) is 2. The van der Waals surface area contributed by atoms with E-state index in [2.05, 4.69) is 10.5 Å². The zero-order chi connectivity index (χ0) is 22.5. The van der Waals surface area contributed by atoms with Gasteiger partial charge in [0, 0.05) is 37.7 Å². The molecule has 1 aromatic carbocycles. The molecule has 0 bridgehead atoms. The van der Waals surface area contributed by atoms with Gasteiger partial charge in [0.1, 0.15) is 6.04 Å². The van der Waals surface area contributed by atoms with E-state index in [4.69, 9.17) is 14.7 Å². The number of hydrogen-bond acceptors (Lipinski definition) is 8. The van der Waals surface area contributed by atoms with Gasteiger partial charge in [-0.25, -0.2) is 4.79 Å². The lowest BCUT2D eigenvalue weighted by molar-refractivity contribution is -0.146. The van der Waals surface area contributed by atoms with E-state index in [0.29, 0.717) is 24.2 Å². The monoisotopic (exact) mass is 421 g/mol. The molecule has 2 N–H and O–H groups in total. The van der Waals surface area contributed by atoms with Crippen LogP contribution in [0.2, 0.25) is 0 Å². The quantitative estimate of drug-likeness (QED) is 0.230. The van der Waals surface area contributed by atoms with Gasteiger partial charge in [0.15, 0.2) is 0 Å². The topological polar surface area (TPSA) is 118 Å². The Hall–Kier alpha value is -3.10. The molecule has 0 aliphatic rings. The predicted molar refractivity (Wildman–Crippen MR) is 113 cm³/mol. The van der Waals surface area contributed by atoms with Gasteiger partial charge in [-0.2, -0.15) is 0 Å². The third kappa shape index (κ3) is 8.50. The van der Waals surface area contributed by atoms with Gasteiger partial charge in [0.25, 0.3) is 5.91 Å². The Balaban J connectivity index is 2.75. The Morgan fingerprint density at radius 2 is 1.73 bits per heavy atom. The van der Waals surface area contributed by atoms with E-state index >= 15 is 0 Å². The van der Waals surface area contributed by atoms with E-state index in [1.165, 1.54) is 0 Å². The van der Waals surface area contributed by atoms with Crippen molar-refractivity contribution in [3.8, 4) is 0 Å². The van der Waals surface area contributed by atoms with Gasteiger partial charge < -0.3 is 24.9 Å². The summed E-state index contributed by atoms with van der Waals surface area (Å²) in [4.78, 5) is 38.3. The number of benzene rings is 1. The van der Waals surface area contributed by atoms with E-state index in [0.717, 1.165) is 5.69 Å². The van der Waals surface area contributed by atoms with Crippen LogP contribution in [-0.2, 0) is 19.1 Å². The van der Waals surface area contributed by atoms with Crippen LogP contribution >= 0.6 is 0 Å². The number of oxime groups is 1. The summed E-state index contributed by atoms with van der Waals surface area (Å²) in [5, 5.41) is 14.5. The number of ether oxygens (including phenoxy) is 2. The summed E-state index contributed by atoms with van der Waals surface area (Å²) in [5.74, 6) is -1.46. The number of nitrogens with zero attached hydrogens (tertiary/aromatic N) is 2. The molecule has 30 heavy (non-hydrogen) atoms. The number of carbonyl (C=O) groups excluding carboxylic acids is 3. The minimum atomic E-state index is -0.940. The first kappa shape index (κ1) is 24.9. The molecule has 9 heteroatoms. The first-order valence-corrected chi connectivity index (χ1v) is 9.94. The molecule has 0 saturated carbocycles. The number of amides is 1. The van der Waals surface area contributed by atoms with Crippen molar-refractivity contribution in [2.24, 2.45) is 5.16 Å². The summed E-state index contributed by atoms with van der Waals surface area (Å²) in [6, 6.07) is 5.95. The average molecular weight is 421 g/mol. The predicted octanol–water partition coefficient (Wildman–Crippen LogP) is 2.37. The smallest absolute Gasteiger partial charge is 0.328 e. The zero-order valence-corrected chi connectivity index (χ0v) is 18.0. The molecule has 9 nitrogen and oxygen atoms in total. The van der Waals surface area contributed by atoms with Gasteiger partial charge >= 0.3 is 11.9 Å². The van der Waals surface area contributed by atoms with Crippen LogP contribution in [0, 0.1) is 0 Å². The highest BCUT2D eigenvalue weighted by atomic mass is 16.5. The summed E-state index contributed by atoms with van der Waals surface area (Å²) in [7, 11) is 1.89. The van der Waals surface area contributed by atoms with Crippen LogP contribution < -0.4 is 10.2 Å². The van der Waals surface area contributed by atoms with Crippen molar-refractivity contribution >= 4 is 29.2 Å². The fourth-order valence-corrected chi connectivity index (χ4v) is 2.60. The van der Waals surface area contributed by atoms with Crippen LogP contribution in [-0.4, -0.2) is 61.6 Å². The van der Waals surface area contributed by atoms with Crippen LogP contribution in [0.4, 0.5) is 5.69 Å². The van der Waals surface area contributed by atoms with E-state index in [1.54, 1.807) is 45.0 Å². The Morgan fingerprint density at radius 3 is 2.30 bits per heavy atom. The summed E-state index contributed by atoms with van der Waals surface area (Å²) >= 11 is 0. The number of nitrogens with one attached hydrogen (secondary N) is 1. The minimum Gasteiger partial charge on any atom is -0.466 e. The van der Waals surface area contributed by atoms with E-state index in [-0.39, 0.29) is 26.1 Å². The molecule has 0 spiro atoms. The lowest BCUT2D eigenvalue weighted by Crippen LogP contribution is -2.42. The lowest BCUT2D eigenvalue weighted by atomic mass is 10.1. The van der Waals surface area contributed by atoms with Crippen molar-refractivity contribution in [3.63, 3.8) is 0 Å². The number of carbonyl (C=O) groups is 3. The standard InChI is InChI=1S/C21H31N3O6/c1-5-29-19(25)12-11-18(21(27)30-6-2)22-20(26)16-7-9-17(10-8-16)24(4)14-13-15(3)23-28/h7-10,18,28H,5-6,11-14H2,1-4H3,(H,22,26). The Morgan fingerprint density at radius 1 is 1.10 bits per heavy atom. The van der Waals surface area contributed by atoms with Gasteiger partial charge in [-0.3, -0.25) is 9.59 Å². The molecule has 1 aromatic rings.